The molecule has 0 aromatic carbocycles. The number of carbonyl (C=O) groups excluding carboxylic acids is 4. The van der Waals surface area contributed by atoms with Crippen LogP contribution in [0.15, 0.2) is 12.7 Å². The van der Waals surface area contributed by atoms with E-state index < -0.39 is 12.1 Å². The summed E-state index contributed by atoms with van der Waals surface area (Å²) >= 11 is 0. The minimum absolute atomic E-state index is 0.0159. The van der Waals surface area contributed by atoms with Crippen molar-refractivity contribution in [1.29, 1.82) is 5.26 Å². The van der Waals surface area contributed by atoms with Crippen LogP contribution in [0.25, 0.3) is 0 Å². The first kappa shape index (κ1) is 31.1. The molecule has 0 saturated heterocycles. The van der Waals surface area contributed by atoms with Gasteiger partial charge in [-0.25, -0.2) is 9.59 Å². The van der Waals surface area contributed by atoms with Crippen LogP contribution in [0.1, 0.15) is 47.0 Å². The van der Waals surface area contributed by atoms with Gasteiger partial charge in [-0.2, -0.15) is 5.26 Å². The molecule has 0 aromatic heterocycles. The Morgan fingerprint density at radius 2 is 1.62 bits per heavy atom. The molecule has 2 unspecified atom stereocenters. The minimum atomic E-state index is -0.667. The van der Waals surface area contributed by atoms with Crippen LogP contribution in [0.2, 0.25) is 0 Å². The maximum Gasteiger partial charge on any atom is 0.407 e. The quantitative estimate of drug-likeness (QED) is 0.194. The lowest BCUT2D eigenvalue weighted by Gasteiger charge is -2.18. The van der Waals surface area contributed by atoms with Crippen LogP contribution < -0.4 is 5.32 Å². The molecule has 2 atom stereocenters. The summed E-state index contributed by atoms with van der Waals surface area (Å²) in [5.41, 5.74) is 0. The van der Waals surface area contributed by atoms with Crippen molar-refractivity contribution in [3.05, 3.63) is 12.7 Å². The fraction of sp³-hybridized carbons (Fsp3) is 0.682. The molecule has 0 spiro atoms. The van der Waals surface area contributed by atoms with Crippen LogP contribution in [0.3, 0.4) is 0 Å². The van der Waals surface area contributed by atoms with Crippen LogP contribution >= 0.6 is 0 Å². The van der Waals surface area contributed by atoms with Crippen molar-refractivity contribution < 1.29 is 33.4 Å². The molecule has 0 rings (SSSR count). The van der Waals surface area contributed by atoms with Gasteiger partial charge in [-0.1, -0.05) is 34.3 Å². The molecule has 0 heterocycles. The molecule has 0 radical (unpaired) electrons. The molecule has 0 aliphatic heterocycles. The second-order valence-corrected chi connectivity index (χ2v) is 6.89. The summed E-state index contributed by atoms with van der Waals surface area (Å²) in [5, 5.41) is 10.7. The van der Waals surface area contributed by atoms with Crippen molar-refractivity contribution in [2.75, 3.05) is 40.0 Å². The van der Waals surface area contributed by atoms with Crippen LogP contribution in [0, 0.1) is 23.2 Å². The number of nitriles is 1. The average Bonchev–Trinajstić information content (AvgIpc) is 2.81. The fourth-order valence-corrected chi connectivity index (χ4v) is 1.88. The second kappa shape index (κ2) is 19.8. The van der Waals surface area contributed by atoms with E-state index in [2.05, 4.69) is 16.6 Å². The average molecular weight is 456 g/mol. The number of hydrogen-bond donors (Lipinski definition) is 1. The fourth-order valence-electron chi connectivity index (χ4n) is 1.88. The molecule has 0 aliphatic rings. The number of ether oxygens (including phenoxy) is 3. The van der Waals surface area contributed by atoms with E-state index in [1.807, 2.05) is 26.8 Å². The molecule has 0 fully saturated rings. The summed E-state index contributed by atoms with van der Waals surface area (Å²) in [6, 6.07) is 2.02. The number of nitrogens with one attached hydrogen (secondary N) is 1. The zero-order chi connectivity index (χ0) is 24.9. The van der Waals surface area contributed by atoms with E-state index in [9.17, 15) is 19.2 Å². The van der Waals surface area contributed by atoms with Gasteiger partial charge in [-0.3, -0.25) is 9.59 Å². The predicted molar refractivity (Wildman–Crippen MR) is 118 cm³/mol. The third-order valence-electron chi connectivity index (χ3n) is 4.33. The molecule has 10 nitrogen and oxygen atoms in total. The van der Waals surface area contributed by atoms with Gasteiger partial charge in [0, 0.05) is 25.6 Å². The number of esters is 2. The maximum absolute atomic E-state index is 11.4. The third-order valence-corrected chi connectivity index (χ3v) is 4.33. The monoisotopic (exact) mass is 455 g/mol. The van der Waals surface area contributed by atoms with Gasteiger partial charge in [-0.15, -0.1) is 0 Å². The first-order valence-electron chi connectivity index (χ1n) is 10.6. The Morgan fingerprint density at radius 1 is 1.03 bits per heavy atom. The van der Waals surface area contributed by atoms with E-state index in [0.717, 1.165) is 12.5 Å². The highest BCUT2D eigenvalue weighted by atomic mass is 16.6. The molecule has 2 amide bonds. The molecule has 1 N–H and O–H groups in total. The van der Waals surface area contributed by atoms with E-state index in [1.165, 1.54) is 0 Å². The van der Waals surface area contributed by atoms with Crippen LogP contribution in [-0.2, 0) is 28.6 Å². The minimum Gasteiger partial charge on any atom is -0.462 e. The Labute approximate surface area is 190 Å². The van der Waals surface area contributed by atoms with E-state index in [0.29, 0.717) is 19.4 Å². The topological polar surface area (TPSA) is 135 Å². The Bertz CT molecular complexity index is 632. The molecule has 0 saturated carbocycles. The standard InChI is InChI=1S/C13H21NO6.C9H16N2O/c1-4-10(3)12(16)19-8-9-20-13(17)14-6-7-18-11(15)5-2;1-4-8(2)9(12)11(3)7-5-6-10/h5,10H,2,4,6-9H2,1,3H3,(H,14,17);8H,4-5,7H2,1-3H3. The number of alkyl carbamates (subject to hydrolysis) is 1. The van der Waals surface area contributed by atoms with Gasteiger partial charge >= 0.3 is 18.0 Å². The van der Waals surface area contributed by atoms with E-state index in [-0.39, 0.29) is 50.1 Å². The molecule has 32 heavy (non-hydrogen) atoms. The van der Waals surface area contributed by atoms with E-state index in [1.54, 1.807) is 18.9 Å². The molecule has 10 heteroatoms. The van der Waals surface area contributed by atoms with E-state index in [4.69, 9.17) is 14.7 Å². The highest BCUT2D eigenvalue weighted by Gasteiger charge is 2.14. The molecule has 182 valence electrons. The SMILES string of the molecule is C=CC(=O)OCCNC(=O)OCCOC(=O)C(C)CC.CCC(C)C(=O)N(C)CCC#N. The molecular weight excluding hydrogens is 418 g/mol. The molecule has 0 aromatic rings. The number of hydrogen-bond acceptors (Lipinski definition) is 8. The van der Waals surface area contributed by atoms with Gasteiger partial charge < -0.3 is 24.4 Å². The normalized spacial score (nSPS) is 11.4. The summed E-state index contributed by atoms with van der Waals surface area (Å²) in [4.78, 5) is 46.1. The highest BCUT2D eigenvalue weighted by molar-refractivity contribution is 5.81. The lowest BCUT2D eigenvalue weighted by atomic mass is 10.1. The van der Waals surface area contributed by atoms with Crippen molar-refractivity contribution in [2.45, 2.75) is 47.0 Å². The Morgan fingerprint density at radius 3 is 2.16 bits per heavy atom. The van der Waals surface area contributed by atoms with Gasteiger partial charge in [0.05, 0.1) is 25.0 Å². The molecule has 0 bridgehead atoms. The number of carbonyl (C=O) groups is 4. The van der Waals surface area contributed by atoms with Gasteiger partial charge in [0.2, 0.25) is 5.91 Å². The van der Waals surface area contributed by atoms with Crippen LogP contribution in [0.4, 0.5) is 4.79 Å². The molecule has 0 aliphatic carbocycles. The summed E-state index contributed by atoms with van der Waals surface area (Å²) < 4.78 is 14.3. The maximum atomic E-state index is 11.4. The Balaban J connectivity index is 0. The third kappa shape index (κ3) is 16.7. The summed E-state index contributed by atoms with van der Waals surface area (Å²) in [6.07, 6.45) is 2.33. The zero-order valence-corrected chi connectivity index (χ0v) is 19.8. The number of rotatable bonds is 13. The highest BCUT2D eigenvalue weighted by Crippen LogP contribution is 2.05. The van der Waals surface area contributed by atoms with Gasteiger partial charge in [0.15, 0.2) is 0 Å². The number of nitrogens with zero attached hydrogens (tertiary/aromatic N) is 2. The predicted octanol–water partition coefficient (Wildman–Crippen LogP) is 2.44. The first-order valence-corrected chi connectivity index (χ1v) is 10.6. The largest absolute Gasteiger partial charge is 0.462 e. The lowest BCUT2D eigenvalue weighted by Crippen LogP contribution is -2.32. The van der Waals surface area contributed by atoms with Crippen molar-refractivity contribution in [3.8, 4) is 6.07 Å². The number of amides is 2. The summed E-state index contributed by atoms with van der Waals surface area (Å²) in [5.74, 6) is -0.824. The second-order valence-electron chi connectivity index (χ2n) is 6.89. The Hall–Kier alpha value is -3.09. The Kier molecular flexibility index (Phi) is 19.3. The van der Waals surface area contributed by atoms with Crippen LogP contribution in [-0.4, -0.2) is 68.8 Å². The smallest absolute Gasteiger partial charge is 0.407 e. The van der Waals surface area contributed by atoms with Crippen molar-refractivity contribution in [3.63, 3.8) is 0 Å². The van der Waals surface area contributed by atoms with E-state index >= 15 is 0 Å². The van der Waals surface area contributed by atoms with Gasteiger partial charge in [0.1, 0.15) is 19.8 Å². The van der Waals surface area contributed by atoms with Gasteiger partial charge in [0.25, 0.3) is 0 Å². The van der Waals surface area contributed by atoms with Crippen molar-refractivity contribution >= 4 is 23.9 Å². The van der Waals surface area contributed by atoms with Gasteiger partial charge in [-0.05, 0) is 12.8 Å². The lowest BCUT2D eigenvalue weighted by molar-refractivity contribution is -0.149. The van der Waals surface area contributed by atoms with Crippen molar-refractivity contribution in [2.24, 2.45) is 11.8 Å². The summed E-state index contributed by atoms with van der Waals surface area (Å²) in [6.45, 7) is 11.5. The zero-order valence-electron chi connectivity index (χ0n) is 19.8. The van der Waals surface area contributed by atoms with Crippen LogP contribution in [0.5, 0.6) is 0 Å². The summed E-state index contributed by atoms with van der Waals surface area (Å²) in [7, 11) is 1.74. The molecular formula is C22H37N3O7. The van der Waals surface area contributed by atoms with Crippen molar-refractivity contribution in [1.82, 2.24) is 10.2 Å². The first-order chi connectivity index (χ1) is 15.1.